The number of imidazole rings is 1. The fourth-order valence-electron chi connectivity index (χ4n) is 1.46. The topological polar surface area (TPSA) is 56.5 Å². The van der Waals surface area contributed by atoms with Gasteiger partial charge in [-0.15, -0.1) is 0 Å². The number of aromatic nitrogens is 3. The zero-order chi connectivity index (χ0) is 12.1. The molecule has 2 heterocycles. The molecule has 0 aromatic carbocycles. The van der Waals surface area contributed by atoms with Crippen molar-refractivity contribution in [1.29, 1.82) is 0 Å². The highest BCUT2D eigenvalue weighted by atomic mass is 16.5. The molecule has 2 rings (SSSR count). The summed E-state index contributed by atoms with van der Waals surface area (Å²) in [5.74, 6) is -0.231. The minimum atomic E-state index is -0.231. The lowest BCUT2D eigenvalue weighted by molar-refractivity contribution is -0.142. The van der Waals surface area contributed by atoms with Gasteiger partial charge in [0.15, 0.2) is 5.65 Å². The van der Waals surface area contributed by atoms with Crippen LogP contribution in [0.25, 0.3) is 11.7 Å². The quantitative estimate of drug-likeness (QED) is 0.751. The molecule has 0 spiro atoms. The number of fused-ring (bicyclic) bond motifs is 1. The molecule has 0 aliphatic rings. The minimum absolute atomic E-state index is 0.231. The van der Waals surface area contributed by atoms with Gasteiger partial charge < -0.3 is 4.74 Å². The van der Waals surface area contributed by atoms with Gasteiger partial charge in [0.2, 0.25) is 0 Å². The molecule has 0 unspecified atom stereocenters. The van der Waals surface area contributed by atoms with E-state index in [-0.39, 0.29) is 12.4 Å². The molecule has 2 aromatic heterocycles. The average Bonchev–Trinajstić information content (AvgIpc) is 2.73. The second kappa shape index (κ2) is 5.25. The Bertz CT molecular complexity index is 545. The van der Waals surface area contributed by atoms with E-state index in [1.54, 1.807) is 29.9 Å². The van der Waals surface area contributed by atoms with Gasteiger partial charge in [-0.3, -0.25) is 4.79 Å². The van der Waals surface area contributed by atoms with E-state index in [0.717, 1.165) is 11.3 Å². The lowest BCUT2D eigenvalue weighted by Crippen LogP contribution is -2.01. The summed E-state index contributed by atoms with van der Waals surface area (Å²) in [5, 5.41) is 4.16. The summed E-state index contributed by atoms with van der Waals surface area (Å²) >= 11 is 0. The first-order valence-electron chi connectivity index (χ1n) is 5.42. The summed E-state index contributed by atoms with van der Waals surface area (Å²) in [5.41, 5.74) is 1.62. The van der Waals surface area contributed by atoms with Crippen LogP contribution in [0, 0.1) is 0 Å². The number of hydrogen-bond acceptors (Lipinski definition) is 4. The lowest BCUT2D eigenvalue weighted by Gasteiger charge is -1.96. The van der Waals surface area contributed by atoms with Crippen molar-refractivity contribution in [3.05, 3.63) is 36.3 Å². The first-order chi connectivity index (χ1) is 8.31. The Morgan fingerprint density at radius 3 is 3.29 bits per heavy atom. The fourth-order valence-corrected chi connectivity index (χ4v) is 1.46. The molecule has 0 aliphatic heterocycles. The molecule has 0 fully saturated rings. The molecule has 0 aliphatic carbocycles. The maximum Gasteiger partial charge on any atom is 0.309 e. The third kappa shape index (κ3) is 2.69. The highest BCUT2D eigenvalue weighted by molar-refractivity contribution is 5.72. The number of ether oxygens (including phenoxy) is 1. The summed E-state index contributed by atoms with van der Waals surface area (Å²) in [6, 6.07) is 3.70. The van der Waals surface area contributed by atoms with E-state index >= 15 is 0 Å². The van der Waals surface area contributed by atoms with Crippen LogP contribution in [-0.4, -0.2) is 27.2 Å². The van der Waals surface area contributed by atoms with E-state index < -0.39 is 0 Å². The molecule has 0 radical (unpaired) electrons. The first kappa shape index (κ1) is 11.3. The number of carbonyl (C=O) groups is 1. The lowest BCUT2D eigenvalue weighted by atomic mass is 10.3. The van der Waals surface area contributed by atoms with Crippen molar-refractivity contribution in [2.24, 2.45) is 0 Å². The molecule has 0 saturated heterocycles. The maximum atomic E-state index is 11.1. The van der Waals surface area contributed by atoms with Crippen molar-refractivity contribution in [3.8, 4) is 0 Å². The van der Waals surface area contributed by atoms with Crippen molar-refractivity contribution >= 4 is 17.7 Å². The van der Waals surface area contributed by atoms with Gasteiger partial charge in [-0.25, -0.2) is 9.50 Å². The summed E-state index contributed by atoms with van der Waals surface area (Å²) < 4.78 is 6.53. The predicted molar refractivity (Wildman–Crippen MR) is 63.3 cm³/mol. The summed E-state index contributed by atoms with van der Waals surface area (Å²) in [6.45, 7) is 2.19. The van der Waals surface area contributed by atoms with Crippen LogP contribution in [0.1, 0.15) is 19.0 Å². The van der Waals surface area contributed by atoms with Crippen LogP contribution in [0.5, 0.6) is 0 Å². The van der Waals surface area contributed by atoms with E-state index in [9.17, 15) is 4.79 Å². The van der Waals surface area contributed by atoms with Crippen molar-refractivity contribution < 1.29 is 9.53 Å². The Labute approximate surface area is 98.7 Å². The summed E-state index contributed by atoms with van der Waals surface area (Å²) in [4.78, 5) is 15.3. The average molecular weight is 231 g/mol. The van der Waals surface area contributed by atoms with E-state index in [1.165, 1.54) is 0 Å². The van der Waals surface area contributed by atoms with Gasteiger partial charge in [0.1, 0.15) is 0 Å². The molecule has 5 heteroatoms. The van der Waals surface area contributed by atoms with Gasteiger partial charge in [0.25, 0.3) is 0 Å². The summed E-state index contributed by atoms with van der Waals surface area (Å²) in [7, 11) is 0. The predicted octanol–water partition coefficient (Wildman–Crippen LogP) is 1.70. The number of carbonyl (C=O) groups excluding carboxylic acids is 1. The fraction of sp³-hybridized carbons (Fsp3) is 0.250. The van der Waals surface area contributed by atoms with Gasteiger partial charge >= 0.3 is 5.97 Å². The summed E-state index contributed by atoms with van der Waals surface area (Å²) in [6.07, 6.45) is 7.22. The Morgan fingerprint density at radius 2 is 2.47 bits per heavy atom. The van der Waals surface area contributed by atoms with Crippen LogP contribution in [-0.2, 0) is 9.53 Å². The van der Waals surface area contributed by atoms with Crippen LogP contribution in [0.4, 0.5) is 0 Å². The molecule has 0 N–H and O–H groups in total. The molecule has 0 atom stereocenters. The van der Waals surface area contributed by atoms with Crippen molar-refractivity contribution in [1.82, 2.24) is 14.6 Å². The van der Waals surface area contributed by atoms with Gasteiger partial charge in [0, 0.05) is 6.20 Å². The molecule has 88 valence electrons. The highest BCUT2D eigenvalue weighted by Crippen LogP contribution is 2.06. The van der Waals surface area contributed by atoms with Gasteiger partial charge in [0.05, 0.1) is 24.9 Å². The van der Waals surface area contributed by atoms with Crippen LogP contribution >= 0.6 is 0 Å². The molecule has 0 saturated carbocycles. The normalized spacial score (nSPS) is 11.1. The number of rotatable bonds is 4. The van der Waals surface area contributed by atoms with Crippen molar-refractivity contribution in [3.63, 3.8) is 0 Å². The zero-order valence-corrected chi connectivity index (χ0v) is 9.54. The van der Waals surface area contributed by atoms with E-state index in [4.69, 9.17) is 4.74 Å². The smallest absolute Gasteiger partial charge is 0.309 e. The number of hydrogen-bond donors (Lipinski definition) is 0. The highest BCUT2D eigenvalue weighted by Gasteiger charge is 2.00. The third-order valence-corrected chi connectivity index (χ3v) is 2.18. The Morgan fingerprint density at radius 1 is 1.59 bits per heavy atom. The van der Waals surface area contributed by atoms with Crippen molar-refractivity contribution in [2.75, 3.05) is 6.61 Å². The largest absolute Gasteiger partial charge is 0.466 e. The molecular weight excluding hydrogens is 218 g/mol. The molecular formula is C12H13N3O2. The zero-order valence-electron chi connectivity index (χ0n) is 9.54. The second-order valence-electron chi connectivity index (χ2n) is 3.39. The SMILES string of the molecule is CCOC(=O)CC=Cc1cnc2cccnn12. The monoisotopic (exact) mass is 231 g/mol. The molecule has 0 amide bonds. The second-order valence-corrected chi connectivity index (χ2v) is 3.39. The van der Waals surface area contributed by atoms with Crippen molar-refractivity contribution in [2.45, 2.75) is 13.3 Å². The number of esters is 1. The standard InChI is InChI=1S/C12H13N3O2/c1-2-17-12(16)7-3-5-10-9-13-11-6-4-8-14-15(10)11/h3-6,8-9H,2,7H2,1H3. The van der Waals surface area contributed by atoms with Crippen LogP contribution in [0.15, 0.2) is 30.6 Å². The van der Waals surface area contributed by atoms with E-state index in [2.05, 4.69) is 10.1 Å². The molecule has 2 aromatic rings. The Hall–Kier alpha value is -2.17. The van der Waals surface area contributed by atoms with Gasteiger partial charge in [-0.1, -0.05) is 6.08 Å². The molecule has 0 bridgehead atoms. The van der Waals surface area contributed by atoms with Crippen LogP contribution < -0.4 is 0 Å². The van der Waals surface area contributed by atoms with E-state index in [1.807, 2.05) is 18.2 Å². The third-order valence-electron chi connectivity index (χ3n) is 2.18. The van der Waals surface area contributed by atoms with Gasteiger partial charge in [-0.2, -0.15) is 5.10 Å². The van der Waals surface area contributed by atoms with E-state index in [0.29, 0.717) is 6.61 Å². The Balaban J connectivity index is 2.08. The molecule has 5 nitrogen and oxygen atoms in total. The maximum absolute atomic E-state index is 11.1. The molecule has 17 heavy (non-hydrogen) atoms. The first-order valence-corrected chi connectivity index (χ1v) is 5.42. The van der Waals surface area contributed by atoms with Gasteiger partial charge in [-0.05, 0) is 25.1 Å². The van der Waals surface area contributed by atoms with Crippen LogP contribution in [0.3, 0.4) is 0 Å². The minimum Gasteiger partial charge on any atom is -0.466 e. The number of nitrogens with zero attached hydrogens (tertiary/aromatic N) is 3. The van der Waals surface area contributed by atoms with Crippen LogP contribution in [0.2, 0.25) is 0 Å². The Kier molecular flexibility index (Phi) is 3.49.